The molecule has 0 bridgehead atoms. The Morgan fingerprint density at radius 1 is 1.12 bits per heavy atom. The molecule has 1 aliphatic heterocycles. The van der Waals surface area contributed by atoms with E-state index in [1.165, 1.54) is 16.4 Å². The smallest absolute Gasteiger partial charge is 0.293 e. The van der Waals surface area contributed by atoms with Crippen molar-refractivity contribution in [3.05, 3.63) is 64.5 Å². The summed E-state index contributed by atoms with van der Waals surface area (Å²) in [6, 6.07) is 13.3. The van der Waals surface area contributed by atoms with Gasteiger partial charge in [-0.2, -0.15) is 9.40 Å². The molecule has 4 rings (SSSR count). The van der Waals surface area contributed by atoms with E-state index in [-0.39, 0.29) is 22.8 Å². The van der Waals surface area contributed by atoms with Crippen LogP contribution in [-0.2, 0) is 16.6 Å². The maximum absolute atomic E-state index is 12.9. The molecule has 1 aliphatic rings. The summed E-state index contributed by atoms with van der Waals surface area (Å²) in [5.74, 6) is 1.01. The molecule has 1 saturated heterocycles. The Hall–Kier alpha value is -3.35. The van der Waals surface area contributed by atoms with Crippen LogP contribution in [0.3, 0.4) is 0 Å². The summed E-state index contributed by atoms with van der Waals surface area (Å²) in [6.45, 7) is 2.08. The van der Waals surface area contributed by atoms with E-state index in [0.29, 0.717) is 37.8 Å². The highest BCUT2D eigenvalue weighted by atomic mass is 32.2. The van der Waals surface area contributed by atoms with Gasteiger partial charge >= 0.3 is 0 Å². The van der Waals surface area contributed by atoms with Gasteiger partial charge in [-0.05, 0) is 19.2 Å². The molecule has 2 aromatic carbocycles. The first-order valence-electron chi connectivity index (χ1n) is 10.0. The van der Waals surface area contributed by atoms with Crippen LogP contribution in [0.25, 0.3) is 11.4 Å². The lowest BCUT2D eigenvalue weighted by atomic mass is 10.2. The van der Waals surface area contributed by atoms with E-state index in [1.54, 1.807) is 0 Å². The van der Waals surface area contributed by atoms with Crippen LogP contribution >= 0.6 is 0 Å². The van der Waals surface area contributed by atoms with Gasteiger partial charge in [0, 0.05) is 37.8 Å². The average Bonchev–Trinajstić information content (AvgIpc) is 3.27. The van der Waals surface area contributed by atoms with Crippen LogP contribution in [0.1, 0.15) is 5.82 Å². The van der Waals surface area contributed by atoms with Gasteiger partial charge in [-0.3, -0.25) is 15.2 Å². The van der Waals surface area contributed by atoms with Crippen molar-refractivity contribution >= 4 is 21.4 Å². The molecule has 0 amide bonds. The average molecular weight is 458 g/mol. The number of anilines is 1. The van der Waals surface area contributed by atoms with Crippen LogP contribution in [0.5, 0.6) is 0 Å². The molecular formula is C20H23N7O4S. The number of likely N-dealkylation sites (N-methyl/N-ethyl adjacent to an activating group) is 1. The van der Waals surface area contributed by atoms with Gasteiger partial charge in [0.05, 0.1) is 16.4 Å². The fourth-order valence-electron chi connectivity index (χ4n) is 3.42. The lowest BCUT2D eigenvalue weighted by Gasteiger charge is -2.31. The van der Waals surface area contributed by atoms with Crippen LogP contribution < -0.4 is 5.32 Å². The fraction of sp³-hybridized carbons (Fsp3) is 0.300. The van der Waals surface area contributed by atoms with E-state index in [9.17, 15) is 18.5 Å². The molecule has 0 aliphatic carbocycles. The Morgan fingerprint density at radius 2 is 1.84 bits per heavy atom. The van der Waals surface area contributed by atoms with Crippen molar-refractivity contribution in [3.8, 4) is 11.4 Å². The third kappa shape index (κ3) is 4.61. The molecule has 0 atom stereocenters. The van der Waals surface area contributed by atoms with E-state index in [4.69, 9.17) is 0 Å². The van der Waals surface area contributed by atoms with Gasteiger partial charge < -0.3 is 10.2 Å². The predicted octanol–water partition coefficient (Wildman–Crippen LogP) is 1.93. The van der Waals surface area contributed by atoms with Gasteiger partial charge in [-0.15, -0.1) is 0 Å². The largest absolute Gasteiger partial charge is 0.372 e. The Bertz CT molecular complexity index is 1210. The van der Waals surface area contributed by atoms with Crippen molar-refractivity contribution in [1.82, 2.24) is 24.4 Å². The summed E-state index contributed by atoms with van der Waals surface area (Å²) in [6.07, 6.45) is 0. The maximum Gasteiger partial charge on any atom is 0.293 e. The number of piperazine rings is 1. The number of H-pyrrole nitrogens is 1. The molecule has 0 radical (unpaired) electrons. The highest BCUT2D eigenvalue weighted by molar-refractivity contribution is 7.89. The van der Waals surface area contributed by atoms with Gasteiger partial charge in [0.25, 0.3) is 5.69 Å². The van der Waals surface area contributed by atoms with E-state index in [1.807, 2.05) is 42.3 Å². The van der Waals surface area contributed by atoms with Crippen molar-refractivity contribution in [1.29, 1.82) is 0 Å². The highest BCUT2D eigenvalue weighted by Gasteiger charge is 2.29. The monoisotopic (exact) mass is 457 g/mol. The maximum atomic E-state index is 12.9. The summed E-state index contributed by atoms with van der Waals surface area (Å²) < 4.78 is 27.2. The highest BCUT2D eigenvalue weighted by Crippen LogP contribution is 2.29. The second kappa shape index (κ2) is 9.02. The molecular weight excluding hydrogens is 434 g/mol. The molecule has 0 spiro atoms. The first-order chi connectivity index (χ1) is 15.3. The summed E-state index contributed by atoms with van der Waals surface area (Å²) in [4.78, 5) is 17.4. The predicted molar refractivity (Wildman–Crippen MR) is 118 cm³/mol. The van der Waals surface area contributed by atoms with Gasteiger partial charge in [-0.1, -0.05) is 30.3 Å². The number of benzene rings is 2. The number of rotatable bonds is 7. The third-order valence-electron chi connectivity index (χ3n) is 5.28. The lowest BCUT2D eigenvalue weighted by Crippen LogP contribution is -2.47. The first-order valence-corrected chi connectivity index (χ1v) is 11.5. The molecule has 0 unspecified atom stereocenters. The standard InChI is InChI=1S/C20H23N7O4S/c1-25-9-11-26(12-10-25)32(30,31)16-7-8-17(18(13-16)27(28)29)21-14-19-22-20(24-23-19)15-5-3-2-4-6-15/h2-8,13,21H,9-12,14H2,1H3,(H,22,23,24). The molecule has 3 aromatic rings. The quantitative estimate of drug-likeness (QED) is 0.405. The minimum Gasteiger partial charge on any atom is -0.372 e. The molecule has 2 heterocycles. The van der Waals surface area contributed by atoms with E-state index in [0.717, 1.165) is 11.6 Å². The number of aromatic amines is 1. The summed E-state index contributed by atoms with van der Waals surface area (Å²) >= 11 is 0. The minimum absolute atomic E-state index is 0.0923. The number of sulfonamides is 1. The number of aromatic nitrogens is 3. The molecule has 1 fully saturated rings. The minimum atomic E-state index is -3.81. The van der Waals surface area contributed by atoms with Crippen LogP contribution in [0.2, 0.25) is 0 Å². The molecule has 1 aromatic heterocycles. The SMILES string of the molecule is CN1CCN(S(=O)(=O)c2ccc(NCc3nc(-c4ccccc4)n[nH]3)c([N+](=O)[O-])c2)CC1. The Balaban J connectivity index is 1.51. The number of nitrogens with one attached hydrogen (secondary N) is 2. The summed E-state index contributed by atoms with van der Waals surface area (Å²) in [5, 5.41) is 21.6. The van der Waals surface area contributed by atoms with Gasteiger partial charge in [0.2, 0.25) is 10.0 Å². The first kappa shape index (κ1) is 21.9. The fourth-order valence-corrected chi connectivity index (χ4v) is 4.86. The van der Waals surface area contributed by atoms with Crippen molar-refractivity contribution in [2.24, 2.45) is 0 Å². The van der Waals surface area contributed by atoms with Crippen LogP contribution in [0.15, 0.2) is 53.4 Å². The van der Waals surface area contributed by atoms with Gasteiger partial charge in [0.1, 0.15) is 11.5 Å². The van der Waals surface area contributed by atoms with Crippen molar-refractivity contribution in [2.45, 2.75) is 11.4 Å². The Morgan fingerprint density at radius 3 is 2.53 bits per heavy atom. The van der Waals surface area contributed by atoms with E-state index in [2.05, 4.69) is 20.5 Å². The lowest BCUT2D eigenvalue weighted by molar-refractivity contribution is -0.384. The van der Waals surface area contributed by atoms with E-state index >= 15 is 0 Å². The van der Waals surface area contributed by atoms with Gasteiger partial charge in [-0.25, -0.2) is 13.4 Å². The van der Waals surface area contributed by atoms with Crippen LogP contribution in [0, 0.1) is 10.1 Å². The zero-order chi connectivity index (χ0) is 22.7. The van der Waals surface area contributed by atoms with Crippen LogP contribution in [0.4, 0.5) is 11.4 Å². The van der Waals surface area contributed by atoms with Crippen molar-refractivity contribution < 1.29 is 13.3 Å². The summed E-state index contributed by atoms with van der Waals surface area (Å²) in [7, 11) is -1.88. The number of hydrogen-bond acceptors (Lipinski definition) is 8. The molecule has 11 nitrogen and oxygen atoms in total. The number of nitro benzene ring substituents is 1. The summed E-state index contributed by atoms with van der Waals surface area (Å²) in [5.41, 5.74) is 0.729. The van der Waals surface area contributed by atoms with Gasteiger partial charge in [0.15, 0.2) is 5.82 Å². The molecule has 168 valence electrons. The number of hydrogen-bond donors (Lipinski definition) is 2. The second-order valence-corrected chi connectivity index (χ2v) is 9.41. The number of nitro groups is 1. The second-order valence-electron chi connectivity index (χ2n) is 7.47. The molecule has 0 saturated carbocycles. The topological polar surface area (TPSA) is 137 Å². The molecule has 2 N–H and O–H groups in total. The van der Waals surface area contributed by atoms with Crippen molar-refractivity contribution in [3.63, 3.8) is 0 Å². The van der Waals surface area contributed by atoms with Crippen LogP contribution in [-0.4, -0.2) is 71.0 Å². The normalized spacial score (nSPS) is 15.5. The Kier molecular flexibility index (Phi) is 6.17. The molecule has 32 heavy (non-hydrogen) atoms. The molecule has 12 heteroatoms. The van der Waals surface area contributed by atoms with Crippen molar-refractivity contribution in [2.75, 3.05) is 38.5 Å². The van der Waals surface area contributed by atoms with E-state index < -0.39 is 14.9 Å². The zero-order valence-corrected chi connectivity index (χ0v) is 18.2. The third-order valence-corrected chi connectivity index (χ3v) is 7.17. The zero-order valence-electron chi connectivity index (χ0n) is 17.4. The number of nitrogens with zero attached hydrogens (tertiary/aromatic N) is 5. The Labute approximate surface area is 185 Å².